The standard InChI is InChI=1S/C13H20N2O2S2/c1-13(2,3)10-9(12(16)17-4)19-11(15-10)8-7-18-6-5-14-8/h8,14H,5-7H2,1-4H3. The molecule has 1 aromatic heterocycles. The van der Waals surface area contributed by atoms with Crippen molar-refractivity contribution < 1.29 is 9.53 Å². The summed E-state index contributed by atoms with van der Waals surface area (Å²) in [6, 6.07) is 0.253. The Labute approximate surface area is 122 Å². The fraction of sp³-hybridized carbons (Fsp3) is 0.692. The average Bonchev–Trinajstić information content (AvgIpc) is 2.84. The van der Waals surface area contributed by atoms with Crippen molar-refractivity contribution in [3.8, 4) is 0 Å². The maximum atomic E-state index is 11.9. The molecule has 1 N–H and O–H groups in total. The van der Waals surface area contributed by atoms with Gasteiger partial charge >= 0.3 is 5.97 Å². The Morgan fingerprint density at radius 2 is 2.21 bits per heavy atom. The smallest absolute Gasteiger partial charge is 0.350 e. The Hall–Kier alpha value is -0.590. The molecule has 0 aliphatic carbocycles. The van der Waals surface area contributed by atoms with Crippen LogP contribution >= 0.6 is 23.1 Å². The van der Waals surface area contributed by atoms with E-state index in [1.54, 1.807) is 0 Å². The normalized spacial score (nSPS) is 20.3. The van der Waals surface area contributed by atoms with Crippen LogP contribution in [0.2, 0.25) is 0 Å². The van der Waals surface area contributed by atoms with Crippen molar-refractivity contribution >= 4 is 29.1 Å². The maximum Gasteiger partial charge on any atom is 0.350 e. The molecule has 0 bridgehead atoms. The minimum atomic E-state index is -0.280. The molecule has 1 saturated heterocycles. The van der Waals surface area contributed by atoms with Gasteiger partial charge in [-0.1, -0.05) is 20.8 Å². The molecule has 4 nitrogen and oxygen atoms in total. The van der Waals surface area contributed by atoms with Crippen molar-refractivity contribution in [2.45, 2.75) is 32.2 Å². The van der Waals surface area contributed by atoms with Crippen molar-refractivity contribution in [2.75, 3.05) is 25.2 Å². The highest BCUT2D eigenvalue weighted by Gasteiger charge is 2.30. The highest BCUT2D eigenvalue weighted by atomic mass is 32.2. The van der Waals surface area contributed by atoms with Gasteiger partial charge in [0.15, 0.2) is 0 Å². The number of carbonyl (C=O) groups is 1. The monoisotopic (exact) mass is 300 g/mol. The summed E-state index contributed by atoms with van der Waals surface area (Å²) in [5, 5.41) is 4.46. The van der Waals surface area contributed by atoms with Crippen molar-refractivity contribution in [3.63, 3.8) is 0 Å². The van der Waals surface area contributed by atoms with Gasteiger partial charge in [-0.25, -0.2) is 9.78 Å². The quantitative estimate of drug-likeness (QED) is 0.851. The van der Waals surface area contributed by atoms with Crippen LogP contribution in [0.15, 0.2) is 0 Å². The first-order chi connectivity index (χ1) is 8.93. The summed E-state index contributed by atoms with van der Waals surface area (Å²) < 4.78 is 4.88. The van der Waals surface area contributed by atoms with E-state index in [9.17, 15) is 4.79 Å². The Balaban J connectivity index is 2.36. The number of thioether (sulfide) groups is 1. The number of hydrogen-bond acceptors (Lipinski definition) is 6. The molecule has 1 unspecified atom stereocenters. The van der Waals surface area contributed by atoms with E-state index < -0.39 is 0 Å². The third-order valence-electron chi connectivity index (χ3n) is 2.94. The zero-order valence-corrected chi connectivity index (χ0v) is 13.4. The number of methoxy groups -OCH3 is 1. The fourth-order valence-corrected chi connectivity index (χ4v) is 4.27. The van der Waals surface area contributed by atoms with E-state index in [4.69, 9.17) is 9.72 Å². The Morgan fingerprint density at radius 1 is 1.47 bits per heavy atom. The van der Waals surface area contributed by atoms with E-state index in [0.29, 0.717) is 4.88 Å². The lowest BCUT2D eigenvalue weighted by Crippen LogP contribution is -2.30. The Morgan fingerprint density at radius 3 is 2.74 bits per heavy atom. The molecule has 0 radical (unpaired) electrons. The third kappa shape index (κ3) is 3.30. The van der Waals surface area contributed by atoms with Gasteiger partial charge in [0.2, 0.25) is 0 Å². The van der Waals surface area contributed by atoms with Crippen LogP contribution in [-0.2, 0) is 10.2 Å². The number of carbonyl (C=O) groups excluding carboxylic acids is 1. The SMILES string of the molecule is COC(=O)c1sc(C2CSCCN2)nc1C(C)(C)C. The van der Waals surface area contributed by atoms with Gasteiger partial charge < -0.3 is 10.1 Å². The number of thiazole rings is 1. The van der Waals surface area contributed by atoms with Crippen LogP contribution in [0.3, 0.4) is 0 Å². The molecular formula is C13H20N2O2S2. The molecule has 19 heavy (non-hydrogen) atoms. The van der Waals surface area contributed by atoms with Gasteiger partial charge in [0.25, 0.3) is 0 Å². The Bertz CT molecular complexity index is 460. The van der Waals surface area contributed by atoms with Gasteiger partial charge in [0.1, 0.15) is 9.88 Å². The first-order valence-electron chi connectivity index (χ1n) is 6.34. The molecule has 2 rings (SSSR count). The van der Waals surface area contributed by atoms with Crippen molar-refractivity contribution in [3.05, 3.63) is 15.6 Å². The average molecular weight is 300 g/mol. The molecule has 1 aromatic rings. The summed E-state index contributed by atoms with van der Waals surface area (Å²) in [4.78, 5) is 17.3. The molecule has 1 atom stereocenters. The van der Waals surface area contributed by atoms with Gasteiger partial charge in [0.05, 0.1) is 18.8 Å². The highest BCUT2D eigenvalue weighted by molar-refractivity contribution is 7.99. The molecule has 0 saturated carbocycles. The van der Waals surface area contributed by atoms with E-state index in [2.05, 4.69) is 26.1 Å². The Kier molecular flexibility index (Phi) is 4.53. The second-order valence-electron chi connectivity index (χ2n) is 5.55. The van der Waals surface area contributed by atoms with Crippen LogP contribution in [0.4, 0.5) is 0 Å². The minimum absolute atomic E-state index is 0.153. The van der Waals surface area contributed by atoms with E-state index in [-0.39, 0.29) is 17.4 Å². The van der Waals surface area contributed by atoms with Crippen LogP contribution < -0.4 is 5.32 Å². The third-order valence-corrected chi connectivity index (χ3v) is 5.16. The van der Waals surface area contributed by atoms with Gasteiger partial charge in [-0.3, -0.25) is 0 Å². The molecule has 0 spiro atoms. The van der Waals surface area contributed by atoms with Crippen LogP contribution in [-0.4, -0.2) is 36.1 Å². The lowest BCUT2D eigenvalue weighted by Gasteiger charge is -2.21. The molecule has 106 valence electrons. The number of esters is 1. The molecule has 1 aliphatic rings. The van der Waals surface area contributed by atoms with Crippen LogP contribution in [0, 0.1) is 0 Å². The summed E-state index contributed by atoms with van der Waals surface area (Å²) in [7, 11) is 1.42. The largest absolute Gasteiger partial charge is 0.465 e. The first kappa shape index (κ1) is 14.8. The zero-order valence-electron chi connectivity index (χ0n) is 11.8. The van der Waals surface area contributed by atoms with Crippen LogP contribution in [0.5, 0.6) is 0 Å². The van der Waals surface area contributed by atoms with E-state index in [1.165, 1.54) is 18.4 Å². The molecule has 1 aliphatic heterocycles. The van der Waals surface area contributed by atoms with Gasteiger partial charge in [-0.05, 0) is 0 Å². The van der Waals surface area contributed by atoms with Gasteiger partial charge in [0, 0.05) is 23.5 Å². The van der Waals surface area contributed by atoms with Crippen molar-refractivity contribution in [2.24, 2.45) is 0 Å². The minimum Gasteiger partial charge on any atom is -0.465 e. The van der Waals surface area contributed by atoms with E-state index in [1.807, 2.05) is 11.8 Å². The van der Waals surface area contributed by atoms with Gasteiger partial charge in [-0.15, -0.1) is 11.3 Å². The highest BCUT2D eigenvalue weighted by Crippen LogP contribution is 2.34. The van der Waals surface area contributed by atoms with Crippen LogP contribution in [0.25, 0.3) is 0 Å². The molecule has 0 aromatic carbocycles. The number of nitrogens with zero attached hydrogens (tertiary/aromatic N) is 1. The topological polar surface area (TPSA) is 51.2 Å². The number of rotatable bonds is 2. The van der Waals surface area contributed by atoms with Gasteiger partial charge in [-0.2, -0.15) is 11.8 Å². The number of ether oxygens (including phenoxy) is 1. The lowest BCUT2D eigenvalue weighted by atomic mass is 9.91. The van der Waals surface area contributed by atoms with E-state index >= 15 is 0 Å². The second kappa shape index (κ2) is 5.81. The van der Waals surface area contributed by atoms with E-state index in [0.717, 1.165) is 28.8 Å². The number of hydrogen-bond donors (Lipinski definition) is 1. The first-order valence-corrected chi connectivity index (χ1v) is 8.31. The summed E-state index contributed by atoms with van der Waals surface area (Å²) in [5.41, 5.74) is 0.691. The summed E-state index contributed by atoms with van der Waals surface area (Å²) >= 11 is 3.39. The lowest BCUT2D eigenvalue weighted by molar-refractivity contribution is 0.0603. The predicted octanol–water partition coefficient (Wildman–Crippen LogP) is 2.60. The molecule has 1 fully saturated rings. The maximum absolute atomic E-state index is 11.9. The molecular weight excluding hydrogens is 280 g/mol. The van der Waals surface area contributed by atoms with Crippen LogP contribution in [0.1, 0.15) is 47.2 Å². The summed E-state index contributed by atoms with van der Waals surface area (Å²) in [6.07, 6.45) is 0. The molecule has 6 heteroatoms. The van der Waals surface area contributed by atoms with Crippen molar-refractivity contribution in [1.82, 2.24) is 10.3 Å². The second-order valence-corrected chi connectivity index (χ2v) is 7.73. The zero-order chi connectivity index (χ0) is 14.0. The number of nitrogens with one attached hydrogen (secondary N) is 1. The summed E-state index contributed by atoms with van der Waals surface area (Å²) in [6.45, 7) is 7.21. The predicted molar refractivity (Wildman–Crippen MR) is 80.2 cm³/mol. The molecule has 2 heterocycles. The summed E-state index contributed by atoms with van der Waals surface area (Å²) in [5.74, 6) is 1.87. The van der Waals surface area contributed by atoms with Crippen molar-refractivity contribution in [1.29, 1.82) is 0 Å². The fourth-order valence-electron chi connectivity index (χ4n) is 1.95. The molecule has 0 amide bonds. The number of aromatic nitrogens is 1.